The van der Waals surface area contributed by atoms with Crippen LogP contribution in [0.3, 0.4) is 0 Å². The topological polar surface area (TPSA) is 33.1 Å². The fraction of sp³-hybridized carbons (Fsp3) is 0.538. The summed E-state index contributed by atoms with van der Waals surface area (Å²) < 4.78 is 0. The van der Waals surface area contributed by atoms with Gasteiger partial charge in [0.25, 0.3) is 8.07 Å². The van der Waals surface area contributed by atoms with E-state index in [0.29, 0.717) is 0 Å². The Morgan fingerprint density at radius 2 is 1.56 bits per heavy atom. The largest absolute Gasteiger partial charge is 0.398 e. The molecular formula is C13H26NOSi3+. The molecule has 0 aliphatic heterocycles. The van der Waals surface area contributed by atoms with Crippen LogP contribution in [-0.4, -0.2) is 34.2 Å². The van der Waals surface area contributed by atoms with Gasteiger partial charge < -0.3 is 4.80 Å². The summed E-state index contributed by atoms with van der Waals surface area (Å²) in [4.78, 5) is 16.8. The average molecular weight is 297 g/mol. The zero-order valence-corrected chi connectivity index (χ0v) is 15.7. The van der Waals surface area contributed by atoms with Gasteiger partial charge in [0.05, 0.1) is 5.32 Å². The molecule has 100 valence electrons. The monoisotopic (exact) mass is 296 g/mol. The first-order valence-electron chi connectivity index (χ1n) is 6.49. The molecule has 0 spiro atoms. The molecule has 2 nitrogen and oxygen atoms in total. The highest BCUT2D eigenvalue weighted by atomic mass is 28.5. The molecule has 0 amide bonds. The van der Waals surface area contributed by atoms with Crippen LogP contribution in [0.1, 0.15) is 0 Å². The Balaban J connectivity index is 3.30. The standard InChI is InChI=1S/C13H26NOSi3/c1-16(2,3)13(18(6,7)15)17(4,5)12-10-8-9-11-14-12/h8-11,15H,1-7H3/q+1. The Morgan fingerprint density at radius 3 is 1.89 bits per heavy atom. The fourth-order valence-corrected chi connectivity index (χ4v) is 26.4. The number of rotatable bonds is 4. The first-order valence-corrected chi connectivity index (χ1v) is 15.9. The maximum absolute atomic E-state index is 10.8. The lowest BCUT2D eigenvalue weighted by Gasteiger charge is -2.36. The van der Waals surface area contributed by atoms with Crippen molar-refractivity contribution in [2.45, 2.75) is 45.8 Å². The Labute approximate surface area is 115 Å². The molecule has 0 saturated carbocycles. The Bertz CT molecular complexity index is 379. The van der Waals surface area contributed by atoms with E-state index in [4.69, 9.17) is 0 Å². The van der Waals surface area contributed by atoms with Gasteiger partial charge in [-0.25, -0.2) is 0 Å². The van der Waals surface area contributed by atoms with Crippen molar-refractivity contribution in [1.82, 2.24) is 4.98 Å². The van der Waals surface area contributed by atoms with E-state index in [2.05, 4.69) is 62.9 Å². The van der Waals surface area contributed by atoms with E-state index in [1.807, 2.05) is 12.3 Å². The molecule has 0 unspecified atom stereocenters. The number of pyridine rings is 1. The molecule has 0 bridgehead atoms. The lowest BCUT2D eigenvalue weighted by atomic mass is 10.5. The molecule has 1 aromatic heterocycles. The molecule has 1 N–H and O–H groups in total. The summed E-state index contributed by atoms with van der Waals surface area (Å²) in [5.41, 5.74) is 0. The number of hydrogen-bond acceptors (Lipinski definition) is 2. The third kappa shape index (κ3) is 3.34. The highest BCUT2D eigenvalue weighted by Gasteiger charge is 2.61. The Morgan fingerprint density at radius 1 is 1.00 bits per heavy atom. The van der Waals surface area contributed by atoms with Gasteiger partial charge in [0.1, 0.15) is 0 Å². The third-order valence-electron chi connectivity index (χ3n) is 3.29. The van der Waals surface area contributed by atoms with Crippen LogP contribution in [0.25, 0.3) is 0 Å². The minimum atomic E-state index is -2.24. The van der Waals surface area contributed by atoms with Crippen LogP contribution in [0.4, 0.5) is 0 Å². The molecular weight excluding hydrogens is 270 g/mol. The van der Waals surface area contributed by atoms with Gasteiger partial charge in [0, 0.05) is 6.20 Å². The maximum atomic E-state index is 10.8. The smallest absolute Gasteiger partial charge is 0.373 e. The lowest BCUT2D eigenvalue weighted by Crippen LogP contribution is -2.66. The van der Waals surface area contributed by atoms with Crippen molar-refractivity contribution in [2.75, 3.05) is 0 Å². The second kappa shape index (κ2) is 4.96. The van der Waals surface area contributed by atoms with Crippen molar-refractivity contribution in [3.8, 4) is 0 Å². The molecule has 0 atom stereocenters. The second-order valence-electron chi connectivity index (χ2n) is 7.02. The Kier molecular flexibility index (Phi) is 4.32. The summed E-state index contributed by atoms with van der Waals surface area (Å²) in [5, 5.41) is 1.21. The number of aromatic nitrogens is 1. The van der Waals surface area contributed by atoms with Crippen molar-refractivity contribution in [2.24, 2.45) is 0 Å². The van der Waals surface area contributed by atoms with Crippen LogP contribution < -0.4 is 5.32 Å². The van der Waals surface area contributed by atoms with Crippen molar-refractivity contribution in [3.05, 3.63) is 29.2 Å². The highest BCUT2D eigenvalue weighted by Crippen LogP contribution is 2.34. The fourth-order valence-electron chi connectivity index (χ4n) is 3.48. The molecule has 1 heterocycles. The molecule has 0 fully saturated rings. The molecule has 0 aromatic carbocycles. The van der Waals surface area contributed by atoms with Crippen LogP contribution in [0.5, 0.6) is 0 Å². The van der Waals surface area contributed by atoms with Gasteiger partial charge in [-0.3, -0.25) is 4.98 Å². The van der Waals surface area contributed by atoms with Gasteiger partial charge in [-0.2, -0.15) is 0 Å². The van der Waals surface area contributed by atoms with Gasteiger partial charge in [-0.15, -0.1) is 0 Å². The van der Waals surface area contributed by atoms with Gasteiger partial charge in [0.15, 0.2) is 0 Å². The number of hydrogen-bond donors (Lipinski definition) is 1. The lowest BCUT2D eigenvalue weighted by molar-refractivity contribution is 0.561. The molecule has 0 radical (unpaired) electrons. The van der Waals surface area contributed by atoms with Gasteiger partial charge in [-0.05, 0) is 62.7 Å². The highest BCUT2D eigenvalue weighted by molar-refractivity contribution is 7.21. The van der Waals surface area contributed by atoms with Crippen LogP contribution in [0.2, 0.25) is 45.8 Å². The quantitative estimate of drug-likeness (QED) is 0.684. The number of nitrogens with zero attached hydrogens (tertiary/aromatic N) is 1. The molecule has 0 aliphatic carbocycles. The molecule has 0 aliphatic rings. The summed E-state index contributed by atoms with van der Waals surface area (Å²) >= 11 is 0. The molecule has 1 rings (SSSR count). The summed E-state index contributed by atoms with van der Waals surface area (Å²) in [6, 6.07) is 6.15. The van der Waals surface area contributed by atoms with Crippen LogP contribution >= 0.6 is 0 Å². The zero-order valence-electron chi connectivity index (χ0n) is 12.7. The average Bonchev–Trinajstić information content (AvgIpc) is 2.13. The third-order valence-corrected chi connectivity index (χ3v) is 20.8. The van der Waals surface area contributed by atoms with Gasteiger partial charge in [0.2, 0.25) is 8.07 Å². The van der Waals surface area contributed by atoms with Crippen LogP contribution in [-0.2, 0) is 0 Å². The van der Waals surface area contributed by atoms with E-state index in [1.165, 1.54) is 10.1 Å². The minimum absolute atomic E-state index is 1.21. The Hall–Kier alpha value is -0.369. The van der Waals surface area contributed by atoms with E-state index in [0.717, 1.165) is 0 Å². The van der Waals surface area contributed by atoms with Crippen molar-refractivity contribution in [3.63, 3.8) is 0 Å². The van der Waals surface area contributed by atoms with Crippen molar-refractivity contribution < 1.29 is 4.80 Å². The molecule has 5 heteroatoms. The first kappa shape index (κ1) is 15.7. The summed E-state index contributed by atoms with van der Waals surface area (Å²) in [5.74, 6) is 0. The van der Waals surface area contributed by atoms with E-state index in [9.17, 15) is 4.80 Å². The van der Waals surface area contributed by atoms with Crippen molar-refractivity contribution >= 4 is 29.8 Å². The second-order valence-corrected chi connectivity index (χ2v) is 21.4. The maximum Gasteiger partial charge on any atom is 0.373 e. The zero-order chi connectivity index (χ0) is 14.2. The van der Waals surface area contributed by atoms with E-state index in [-0.39, 0.29) is 0 Å². The van der Waals surface area contributed by atoms with Crippen LogP contribution in [0.15, 0.2) is 24.4 Å². The SMILES string of the molecule is C[Si](C)(C)[C+]([Si](C)(C)O)[Si](C)(C)c1ccccn1. The summed E-state index contributed by atoms with van der Waals surface area (Å²) in [7, 11) is -5.53. The van der Waals surface area contributed by atoms with Gasteiger partial charge in [-0.1, -0.05) is 6.07 Å². The van der Waals surface area contributed by atoms with E-state index >= 15 is 0 Å². The van der Waals surface area contributed by atoms with Crippen molar-refractivity contribution in [1.29, 1.82) is 0 Å². The van der Waals surface area contributed by atoms with E-state index in [1.54, 1.807) is 0 Å². The molecule has 1 aromatic rings. The van der Waals surface area contributed by atoms with Gasteiger partial charge >= 0.3 is 8.32 Å². The predicted molar refractivity (Wildman–Crippen MR) is 87.6 cm³/mol. The van der Waals surface area contributed by atoms with E-state index < -0.39 is 24.5 Å². The molecule has 18 heavy (non-hydrogen) atoms. The summed E-state index contributed by atoms with van der Waals surface area (Å²) in [6.45, 7) is 15.9. The first-order chi connectivity index (χ1) is 7.97. The molecule has 0 saturated heterocycles. The summed E-state index contributed by atoms with van der Waals surface area (Å²) in [6.07, 6.45) is 1.87. The predicted octanol–water partition coefficient (Wildman–Crippen LogP) is 2.72. The minimum Gasteiger partial charge on any atom is -0.398 e. The van der Waals surface area contributed by atoms with Crippen LogP contribution in [0, 0.1) is 4.79 Å². The normalized spacial score (nSPS) is 13.6.